The molecule has 0 saturated carbocycles. The molecule has 0 fully saturated rings. The zero-order valence-electron chi connectivity index (χ0n) is 13.7. The molecule has 28 heavy (non-hydrogen) atoms. The van der Waals surface area contributed by atoms with Crippen LogP contribution in [0.15, 0.2) is 54.6 Å². The molecule has 0 aromatic heterocycles. The fourth-order valence-electron chi connectivity index (χ4n) is 3.03. The third-order valence-electron chi connectivity index (χ3n) is 4.36. The number of carbonyl (C=O) groups is 1. The number of rotatable bonds is 2. The van der Waals surface area contributed by atoms with Crippen LogP contribution in [0.4, 0.5) is 8.78 Å². The van der Waals surface area contributed by atoms with E-state index in [2.05, 4.69) is 31.9 Å². The zero-order valence-corrected chi connectivity index (χ0v) is 16.9. The Balaban J connectivity index is 2.26. The van der Waals surface area contributed by atoms with Crippen LogP contribution in [-0.4, -0.2) is 11.4 Å². The lowest BCUT2D eigenvalue weighted by Crippen LogP contribution is -2.10. The van der Waals surface area contributed by atoms with Crippen LogP contribution < -0.4 is 5.43 Å². The molecule has 0 amide bonds. The Labute approximate surface area is 173 Å². The van der Waals surface area contributed by atoms with Crippen LogP contribution in [0.25, 0.3) is 33.4 Å². The molecule has 2 aliphatic rings. The summed E-state index contributed by atoms with van der Waals surface area (Å²) in [7, 11) is 0. The van der Waals surface area contributed by atoms with Crippen molar-refractivity contribution in [3.63, 3.8) is 0 Å². The minimum Gasteiger partial charge on any atom is -0.504 e. The summed E-state index contributed by atoms with van der Waals surface area (Å²) in [5.41, 5.74) is 0.767. The molecule has 0 radical (unpaired) electrons. The molecular formula is C20H8Br2F2O4. The Morgan fingerprint density at radius 3 is 2.32 bits per heavy atom. The lowest BCUT2D eigenvalue weighted by Gasteiger charge is -2.17. The first kappa shape index (κ1) is 18.8. The highest BCUT2D eigenvalue weighted by molar-refractivity contribution is 9.11. The van der Waals surface area contributed by atoms with Crippen molar-refractivity contribution in [1.82, 2.24) is 0 Å². The van der Waals surface area contributed by atoms with Gasteiger partial charge in [0.15, 0.2) is 28.7 Å². The van der Waals surface area contributed by atoms with Crippen molar-refractivity contribution >= 4 is 49.1 Å². The van der Waals surface area contributed by atoms with E-state index >= 15 is 0 Å². The summed E-state index contributed by atoms with van der Waals surface area (Å²) in [4.78, 5) is 23.0. The van der Waals surface area contributed by atoms with Crippen molar-refractivity contribution in [2.24, 2.45) is 0 Å². The molecule has 0 saturated heterocycles. The van der Waals surface area contributed by atoms with Crippen LogP contribution in [0.2, 0.25) is 0 Å². The van der Waals surface area contributed by atoms with Crippen LogP contribution >= 0.6 is 31.9 Å². The first-order valence-electron chi connectivity index (χ1n) is 7.84. The summed E-state index contributed by atoms with van der Waals surface area (Å²) >= 11 is 6.17. The number of hydrogen-bond acceptors (Lipinski definition) is 4. The van der Waals surface area contributed by atoms with E-state index in [1.165, 1.54) is 0 Å². The average Bonchev–Trinajstić information content (AvgIpc) is 2.70. The van der Waals surface area contributed by atoms with E-state index in [0.717, 1.165) is 12.1 Å². The molecule has 0 bridgehead atoms. The van der Waals surface area contributed by atoms with Gasteiger partial charge in [-0.1, -0.05) is 24.3 Å². The molecule has 0 atom stereocenters. The number of phenols is 1. The lowest BCUT2D eigenvalue weighted by molar-refractivity contribution is 0.112. The molecule has 4 nitrogen and oxygen atoms in total. The topological polar surface area (TPSA) is 67.5 Å². The van der Waals surface area contributed by atoms with E-state index in [-0.39, 0.29) is 31.2 Å². The number of hydrogen-bond donors (Lipinski definition) is 1. The van der Waals surface area contributed by atoms with Crippen molar-refractivity contribution in [1.29, 1.82) is 0 Å². The summed E-state index contributed by atoms with van der Waals surface area (Å²) in [5, 5.41) is 10.2. The Kier molecular flexibility index (Phi) is 4.55. The van der Waals surface area contributed by atoms with Gasteiger partial charge in [-0.3, -0.25) is 9.59 Å². The Morgan fingerprint density at radius 2 is 1.68 bits per heavy atom. The smallest absolute Gasteiger partial charge is 0.232 e. The third kappa shape index (κ3) is 2.75. The molecule has 1 aliphatic carbocycles. The number of aromatic hydroxyl groups is 1. The van der Waals surface area contributed by atoms with E-state index in [1.54, 1.807) is 24.3 Å². The molecule has 2 aromatic carbocycles. The quantitative estimate of drug-likeness (QED) is 0.270. The van der Waals surface area contributed by atoms with Crippen LogP contribution in [0.3, 0.4) is 0 Å². The molecule has 2 aromatic rings. The lowest BCUT2D eigenvalue weighted by atomic mass is 9.93. The maximum atomic E-state index is 14.2. The molecule has 4 rings (SSSR count). The van der Waals surface area contributed by atoms with E-state index < -0.39 is 22.8 Å². The molecule has 1 N–H and O–H groups in total. The molecular weight excluding hydrogens is 502 g/mol. The van der Waals surface area contributed by atoms with Crippen molar-refractivity contribution in [3.8, 4) is 28.2 Å². The van der Waals surface area contributed by atoms with E-state index in [9.17, 15) is 23.5 Å². The highest BCUT2D eigenvalue weighted by atomic mass is 79.9. The first-order chi connectivity index (χ1) is 13.3. The van der Waals surface area contributed by atoms with Crippen LogP contribution in [0, 0.1) is 11.6 Å². The maximum Gasteiger partial charge on any atom is 0.232 e. The molecule has 1 aliphatic heterocycles. The number of benzene rings is 3. The number of halogens is 4. The van der Waals surface area contributed by atoms with E-state index in [1.807, 2.05) is 0 Å². The fourth-order valence-corrected chi connectivity index (χ4v) is 4.00. The normalized spacial score (nSPS) is 11.3. The highest BCUT2D eigenvalue weighted by Gasteiger charge is 2.26. The van der Waals surface area contributed by atoms with Gasteiger partial charge in [0.25, 0.3) is 0 Å². The van der Waals surface area contributed by atoms with Crippen molar-refractivity contribution in [2.45, 2.75) is 0 Å². The number of carbonyl (C=O) groups excluding carboxylic acids is 1. The molecule has 1 heterocycles. The summed E-state index contributed by atoms with van der Waals surface area (Å²) < 4.78 is 34.0. The van der Waals surface area contributed by atoms with Gasteiger partial charge in [0.1, 0.15) is 15.2 Å². The predicted molar refractivity (Wildman–Crippen MR) is 107 cm³/mol. The minimum atomic E-state index is -1.00. The Morgan fingerprint density at radius 1 is 1.00 bits per heavy atom. The van der Waals surface area contributed by atoms with Crippen molar-refractivity contribution in [3.05, 3.63) is 72.8 Å². The Bertz CT molecular complexity index is 1300. The largest absolute Gasteiger partial charge is 0.504 e. The van der Waals surface area contributed by atoms with E-state index in [4.69, 9.17) is 4.42 Å². The second-order valence-electron chi connectivity index (χ2n) is 5.99. The summed E-state index contributed by atoms with van der Waals surface area (Å²) in [6.45, 7) is 0. The first-order valence-corrected chi connectivity index (χ1v) is 9.43. The van der Waals surface area contributed by atoms with Gasteiger partial charge < -0.3 is 9.52 Å². The van der Waals surface area contributed by atoms with Crippen LogP contribution in [0.1, 0.15) is 10.4 Å². The summed E-state index contributed by atoms with van der Waals surface area (Å²) in [6.07, 6.45) is 0.675. The second kappa shape index (κ2) is 6.79. The van der Waals surface area contributed by atoms with Gasteiger partial charge in [-0.15, -0.1) is 0 Å². The second-order valence-corrected chi connectivity index (χ2v) is 7.58. The number of phenolic OH excluding ortho intramolecular Hbond substituents is 1. The van der Waals surface area contributed by atoms with Crippen molar-refractivity contribution < 1.29 is 23.1 Å². The minimum absolute atomic E-state index is 0.0417. The summed E-state index contributed by atoms with van der Waals surface area (Å²) in [5.74, 6) is -2.52. The fraction of sp³-hybridized carbons (Fsp3) is 0. The van der Waals surface area contributed by atoms with Gasteiger partial charge in [0.05, 0.1) is 0 Å². The number of fused-ring (bicyclic) bond motifs is 2. The highest BCUT2D eigenvalue weighted by Crippen LogP contribution is 2.46. The maximum absolute atomic E-state index is 14.2. The van der Waals surface area contributed by atoms with Crippen LogP contribution in [0.5, 0.6) is 5.75 Å². The van der Waals surface area contributed by atoms with Gasteiger partial charge in [0, 0.05) is 22.1 Å². The molecule has 140 valence electrons. The molecule has 0 spiro atoms. The SMILES string of the molecule is O=Cc1ccc(-c2c3cc(F)c(=O)c(Br)c-3oc3c(Br)c(O)c(F)cc23)cc1. The monoisotopic (exact) mass is 508 g/mol. The van der Waals surface area contributed by atoms with Gasteiger partial charge in [0.2, 0.25) is 5.43 Å². The van der Waals surface area contributed by atoms with Gasteiger partial charge in [-0.2, -0.15) is 0 Å². The van der Waals surface area contributed by atoms with Gasteiger partial charge >= 0.3 is 0 Å². The summed E-state index contributed by atoms with van der Waals surface area (Å²) in [6, 6.07) is 8.44. The molecule has 0 unspecified atom stereocenters. The Hall–Kier alpha value is -2.58. The zero-order chi connectivity index (χ0) is 20.2. The van der Waals surface area contributed by atoms with Gasteiger partial charge in [-0.05, 0) is 49.6 Å². The van der Waals surface area contributed by atoms with Gasteiger partial charge in [-0.25, -0.2) is 8.78 Å². The predicted octanol–water partition coefficient (Wildman–Crippen LogP) is 5.89. The number of aldehydes is 1. The molecule has 8 heteroatoms. The standard InChI is InChI=1S/C20H8Br2F2O4/c21-15-17(26)12(23)5-10-14(9-3-1-8(7-25)2-4-9)11-6-13(24)18(27)16(22)20(11)28-19(10)15/h1-7,26H. The average molecular weight is 510 g/mol. The van der Waals surface area contributed by atoms with E-state index in [0.29, 0.717) is 23.0 Å². The third-order valence-corrected chi connectivity index (χ3v) is 5.81. The van der Waals surface area contributed by atoms with Crippen LogP contribution in [-0.2, 0) is 0 Å². The van der Waals surface area contributed by atoms with Crippen molar-refractivity contribution in [2.75, 3.05) is 0 Å².